The number of hydrogen-bond donors (Lipinski definition) is 1. The molecule has 1 unspecified atom stereocenters. The Hall–Kier alpha value is -1.06. The van der Waals surface area contributed by atoms with E-state index < -0.39 is 6.04 Å². The van der Waals surface area contributed by atoms with Gasteiger partial charge in [0.25, 0.3) is 0 Å². The molecule has 0 bridgehead atoms. The number of amides is 1. The lowest BCUT2D eigenvalue weighted by Gasteiger charge is -2.27. The highest BCUT2D eigenvalue weighted by molar-refractivity contribution is 5.85. The Morgan fingerprint density at radius 1 is 1.17 bits per heavy atom. The molecule has 0 aromatic heterocycles. The molecule has 0 saturated heterocycles. The second-order valence-corrected chi connectivity index (χ2v) is 5.71. The van der Waals surface area contributed by atoms with Crippen LogP contribution in [0.5, 0.6) is 0 Å². The van der Waals surface area contributed by atoms with Crippen LogP contribution in [0.25, 0.3) is 0 Å². The molecule has 1 N–H and O–H groups in total. The summed E-state index contributed by atoms with van der Waals surface area (Å²) in [5.41, 5.74) is 0. The minimum Gasteiger partial charge on any atom is -0.467 e. The molecule has 18 heavy (non-hydrogen) atoms. The highest BCUT2D eigenvalue weighted by atomic mass is 16.5. The Morgan fingerprint density at radius 3 is 2.17 bits per heavy atom. The van der Waals surface area contributed by atoms with E-state index in [-0.39, 0.29) is 23.7 Å². The minimum atomic E-state index is -0.526. The summed E-state index contributed by atoms with van der Waals surface area (Å²) in [5.74, 6) is 0.472. The second kappa shape index (κ2) is 6.76. The fourth-order valence-electron chi connectivity index (χ4n) is 2.42. The van der Waals surface area contributed by atoms with E-state index in [0.29, 0.717) is 0 Å². The van der Waals surface area contributed by atoms with Crippen LogP contribution in [0, 0.1) is 17.8 Å². The monoisotopic (exact) mass is 255 g/mol. The third-order valence-electron chi connectivity index (χ3n) is 3.81. The number of ether oxygens (including phenoxy) is 1. The van der Waals surface area contributed by atoms with Crippen molar-refractivity contribution in [2.24, 2.45) is 17.8 Å². The predicted octanol–water partition coefficient (Wildman–Crippen LogP) is 2.13. The second-order valence-electron chi connectivity index (χ2n) is 5.71. The fourth-order valence-corrected chi connectivity index (χ4v) is 2.42. The summed E-state index contributed by atoms with van der Waals surface area (Å²) in [6.07, 6.45) is 4.06. The van der Waals surface area contributed by atoms with E-state index in [0.717, 1.165) is 31.6 Å². The number of hydrogen-bond acceptors (Lipinski definition) is 3. The molecule has 1 aliphatic rings. The van der Waals surface area contributed by atoms with E-state index in [1.807, 2.05) is 13.8 Å². The molecule has 1 aliphatic carbocycles. The molecule has 1 rings (SSSR count). The van der Waals surface area contributed by atoms with Crippen molar-refractivity contribution in [1.29, 1.82) is 0 Å². The molecule has 0 spiro atoms. The summed E-state index contributed by atoms with van der Waals surface area (Å²) in [6, 6.07) is -0.526. The summed E-state index contributed by atoms with van der Waals surface area (Å²) in [7, 11) is 1.35. The Morgan fingerprint density at radius 2 is 1.72 bits per heavy atom. The Balaban J connectivity index is 2.53. The molecule has 1 amide bonds. The van der Waals surface area contributed by atoms with Crippen molar-refractivity contribution in [3.05, 3.63) is 0 Å². The quantitative estimate of drug-likeness (QED) is 0.783. The molecular weight excluding hydrogens is 230 g/mol. The first-order chi connectivity index (χ1) is 8.45. The summed E-state index contributed by atoms with van der Waals surface area (Å²) in [6.45, 7) is 6.04. The minimum absolute atomic E-state index is 0.00556. The average Bonchev–Trinajstić information content (AvgIpc) is 2.35. The van der Waals surface area contributed by atoms with E-state index in [4.69, 9.17) is 4.74 Å². The van der Waals surface area contributed by atoms with Gasteiger partial charge in [0.15, 0.2) is 0 Å². The molecule has 1 saturated carbocycles. The van der Waals surface area contributed by atoms with Crippen LogP contribution in [-0.4, -0.2) is 25.0 Å². The van der Waals surface area contributed by atoms with Gasteiger partial charge in [0, 0.05) is 5.92 Å². The highest BCUT2D eigenvalue weighted by Gasteiger charge is 2.30. The molecular formula is C14H25NO3. The maximum Gasteiger partial charge on any atom is 0.328 e. The number of carbonyl (C=O) groups excluding carboxylic acids is 2. The van der Waals surface area contributed by atoms with E-state index in [1.54, 1.807) is 0 Å². The predicted molar refractivity (Wildman–Crippen MR) is 69.9 cm³/mol. The number of methoxy groups -OCH3 is 1. The summed E-state index contributed by atoms with van der Waals surface area (Å²) in [4.78, 5) is 23.7. The van der Waals surface area contributed by atoms with Gasteiger partial charge in [-0.05, 0) is 37.5 Å². The molecule has 0 radical (unpaired) electrons. The summed E-state index contributed by atoms with van der Waals surface area (Å²) >= 11 is 0. The Labute approximate surface area is 109 Å². The molecule has 1 fully saturated rings. The molecule has 104 valence electrons. The molecule has 4 nitrogen and oxygen atoms in total. The van der Waals surface area contributed by atoms with Crippen LogP contribution in [0.3, 0.4) is 0 Å². The van der Waals surface area contributed by atoms with E-state index in [9.17, 15) is 9.59 Å². The summed E-state index contributed by atoms with van der Waals surface area (Å²) in [5, 5.41) is 2.84. The topological polar surface area (TPSA) is 55.4 Å². The van der Waals surface area contributed by atoms with Crippen molar-refractivity contribution in [1.82, 2.24) is 5.32 Å². The lowest BCUT2D eigenvalue weighted by atomic mass is 9.82. The molecule has 0 heterocycles. The number of esters is 1. The lowest BCUT2D eigenvalue weighted by molar-refractivity contribution is -0.147. The average molecular weight is 255 g/mol. The van der Waals surface area contributed by atoms with Gasteiger partial charge in [0.2, 0.25) is 5.91 Å². The van der Waals surface area contributed by atoms with Crippen LogP contribution in [0.15, 0.2) is 0 Å². The largest absolute Gasteiger partial charge is 0.467 e. The maximum atomic E-state index is 12.1. The van der Waals surface area contributed by atoms with Crippen molar-refractivity contribution >= 4 is 11.9 Å². The van der Waals surface area contributed by atoms with Crippen LogP contribution in [0.4, 0.5) is 0 Å². The van der Waals surface area contributed by atoms with Crippen molar-refractivity contribution in [3.63, 3.8) is 0 Å². The number of carbonyl (C=O) groups is 2. The van der Waals surface area contributed by atoms with Gasteiger partial charge in [-0.1, -0.05) is 20.8 Å². The van der Waals surface area contributed by atoms with Crippen LogP contribution in [-0.2, 0) is 14.3 Å². The molecule has 0 aromatic carbocycles. The molecule has 0 aromatic rings. The lowest BCUT2D eigenvalue weighted by Crippen LogP contribution is -2.47. The third-order valence-corrected chi connectivity index (χ3v) is 3.81. The first-order valence-corrected chi connectivity index (χ1v) is 6.84. The highest BCUT2D eigenvalue weighted by Crippen LogP contribution is 2.28. The first-order valence-electron chi connectivity index (χ1n) is 6.84. The Kier molecular flexibility index (Phi) is 5.63. The molecule has 0 aliphatic heterocycles. The normalized spacial score (nSPS) is 25.6. The zero-order valence-electron chi connectivity index (χ0n) is 11.9. The van der Waals surface area contributed by atoms with Gasteiger partial charge >= 0.3 is 5.97 Å². The smallest absolute Gasteiger partial charge is 0.328 e. The number of rotatable bonds is 4. The van der Waals surface area contributed by atoms with E-state index in [1.165, 1.54) is 7.11 Å². The van der Waals surface area contributed by atoms with Crippen LogP contribution >= 0.6 is 0 Å². The Bertz CT molecular complexity index is 293. The van der Waals surface area contributed by atoms with E-state index in [2.05, 4.69) is 12.2 Å². The number of nitrogens with one attached hydrogen (secondary N) is 1. The third kappa shape index (κ3) is 4.00. The standard InChI is InChI=1S/C14H25NO3/c1-9(2)12(14(17)18-4)15-13(16)11-7-5-10(3)6-8-11/h9-12H,5-8H2,1-4H3,(H,15,16). The van der Waals surface area contributed by atoms with Gasteiger partial charge in [-0.15, -0.1) is 0 Å². The van der Waals surface area contributed by atoms with Gasteiger partial charge in [-0.25, -0.2) is 4.79 Å². The van der Waals surface area contributed by atoms with Crippen LogP contribution in [0.2, 0.25) is 0 Å². The zero-order valence-corrected chi connectivity index (χ0v) is 11.9. The van der Waals surface area contributed by atoms with Crippen LogP contribution in [0.1, 0.15) is 46.5 Å². The van der Waals surface area contributed by atoms with Gasteiger partial charge in [0.1, 0.15) is 6.04 Å². The van der Waals surface area contributed by atoms with Gasteiger partial charge in [-0.3, -0.25) is 4.79 Å². The SMILES string of the molecule is COC(=O)C(NC(=O)C1CCC(C)CC1)C(C)C. The molecule has 4 heteroatoms. The van der Waals surface area contributed by atoms with Gasteiger partial charge in [-0.2, -0.15) is 0 Å². The molecule has 1 atom stereocenters. The van der Waals surface area contributed by atoms with E-state index >= 15 is 0 Å². The van der Waals surface area contributed by atoms with Gasteiger partial charge < -0.3 is 10.1 Å². The zero-order chi connectivity index (χ0) is 13.7. The van der Waals surface area contributed by atoms with Crippen LogP contribution < -0.4 is 5.32 Å². The maximum absolute atomic E-state index is 12.1. The van der Waals surface area contributed by atoms with Crippen molar-refractivity contribution < 1.29 is 14.3 Å². The van der Waals surface area contributed by atoms with Crippen molar-refractivity contribution in [2.45, 2.75) is 52.5 Å². The van der Waals surface area contributed by atoms with Gasteiger partial charge in [0.05, 0.1) is 7.11 Å². The van der Waals surface area contributed by atoms with Crippen molar-refractivity contribution in [2.75, 3.05) is 7.11 Å². The first kappa shape index (κ1) is 15.0. The van der Waals surface area contributed by atoms with Crippen molar-refractivity contribution in [3.8, 4) is 0 Å². The summed E-state index contributed by atoms with van der Waals surface area (Å²) < 4.78 is 4.73. The fraction of sp³-hybridized carbons (Fsp3) is 0.857.